The number of aryl methyl sites for hydroxylation is 1. The van der Waals surface area contributed by atoms with Gasteiger partial charge >= 0.3 is 0 Å². The Kier molecular flexibility index (Phi) is 2.91. The van der Waals surface area contributed by atoms with Crippen LogP contribution in [0.4, 0.5) is 0 Å². The van der Waals surface area contributed by atoms with Gasteiger partial charge in [-0.15, -0.1) is 11.3 Å². The van der Waals surface area contributed by atoms with Crippen molar-refractivity contribution in [2.75, 3.05) is 0 Å². The molecule has 1 aliphatic carbocycles. The normalized spacial score (nSPS) is 36.8. The van der Waals surface area contributed by atoms with Gasteiger partial charge in [0.15, 0.2) is 0 Å². The maximum Gasteiger partial charge on any atom is 0.0935 e. The third-order valence-corrected chi connectivity index (χ3v) is 5.00. The molecule has 84 valence electrons. The molecule has 15 heavy (non-hydrogen) atoms. The van der Waals surface area contributed by atoms with E-state index < -0.39 is 5.60 Å². The summed E-state index contributed by atoms with van der Waals surface area (Å²) in [5.41, 5.74) is 0.605. The summed E-state index contributed by atoms with van der Waals surface area (Å²) in [5.74, 6) is 1.00. The van der Waals surface area contributed by atoms with Gasteiger partial charge in [-0.3, -0.25) is 0 Å². The molecule has 2 heteroatoms. The zero-order valence-corrected chi connectivity index (χ0v) is 10.6. The average Bonchev–Trinajstić information content (AvgIpc) is 2.61. The van der Waals surface area contributed by atoms with Gasteiger partial charge in [0.1, 0.15) is 0 Å². The predicted octanol–water partition coefficient (Wildman–Crippen LogP) is 3.70. The first-order valence-electron chi connectivity index (χ1n) is 5.82. The number of hydrogen-bond acceptors (Lipinski definition) is 2. The van der Waals surface area contributed by atoms with Crippen molar-refractivity contribution >= 4 is 11.3 Å². The third kappa shape index (κ3) is 1.74. The smallest absolute Gasteiger partial charge is 0.0935 e. The lowest BCUT2D eigenvalue weighted by atomic mass is 9.68. The summed E-state index contributed by atoms with van der Waals surface area (Å²) in [7, 11) is 0. The van der Waals surface area contributed by atoms with Crippen molar-refractivity contribution in [3.05, 3.63) is 21.9 Å². The first-order chi connectivity index (χ1) is 7.05. The number of rotatable bonds is 1. The summed E-state index contributed by atoms with van der Waals surface area (Å²) in [5, 5.41) is 12.9. The van der Waals surface area contributed by atoms with E-state index in [2.05, 4.69) is 32.2 Å². The summed E-state index contributed by atoms with van der Waals surface area (Å²) >= 11 is 1.74. The zero-order chi connectivity index (χ0) is 11.1. The quantitative estimate of drug-likeness (QED) is 0.771. The van der Waals surface area contributed by atoms with Crippen molar-refractivity contribution in [3.63, 3.8) is 0 Å². The first kappa shape index (κ1) is 11.2. The standard InChI is InChI=1S/C13H20OS/c1-9-5-4-7-13(14,10(9)2)12-6-8-15-11(12)3/h6,8-10,14H,4-5,7H2,1-3H3. The Labute approximate surface area is 96.1 Å². The topological polar surface area (TPSA) is 20.2 Å². The minimum absolute atomic E-state index is 0.375. The molecule has 1 aliphatic rings. The minimum Gasteiger partial charge on any atom is -0.385 e. The third-order valence-electron chi connectivity index (χ3n) is 4.15. The van der Waals surface area contributed by atoms with Crippen LogP contribution < -0.4 is 0 Å². The Morgan fingerprint density at radius 3 is 2.80 bits per heavy atom. The molecule has 0 bridgehead atoms. The summed E-state index contributed by atoms with van der Waals surface area (Å²) < 4.78 is 0. The van der Waals surface area contributed by atoms with E-state index in [0.29, 0.717) is 11.8 Å². The fraction of sp³-hybridized carbons (Fsp3) is 0.692. The summed E-state index contributed by atoms with van der Waals surface area (Å²) in [6, 6.07) is 2.11. The van der Waals surface area contributed by atoms with Crippen LogP contribution in [0.1, 0.15) is 43.6 Å². The largest absolute Gasteiger partial charge is 0.385 e. The lowest BCUT2D eigenvalue weighted by Gasteiger charge is -2.42. The lowest BCUT2D eigenvalue weighted by Crippen LogP contribution is -2.40. The molecule has 1 N–H and O–H groups in total. The van der Waals surface area contributed by atoms with Gasteiger partial charge in [0.2, 0.25) is 0 Å². The van der Waals surface area contributed by atoms with Gasteiger partial charge in [-0.1, -0.05) is 20.3 Å². The van der Waals surface area contributed by atoms with Gasteiger partial charge in [0.05, 0.1) is 5.60 Å². The molecule has 1 aromatic rings. The summed E-state index contributed by atoms with van der Waals surface area (Å²) in [6.45, 7) is 6.57. The summed E-state index contributed by atoms with van der Waals surface area (Å²) in [4.78, 5) is 1.28. The minimum atomic E-state index is -0.568. The van der Waals surface area contributed by atoms with Crippen molar-refractivity contribution in [1.82, 2.24) is 0 Å². The van der Waals surface area contributed by atoms with Gasteiger partial charge in [-0.05, 0) is 48.6 Å². The van der Waals surface area contributed by atoms with Gasteiger partial charge in [-0.25, -0.2) is 0 Å². The number of hydrogen-bond donors (Lipinski definition) is 1. The molecule has 0 aromatic carbocycles. The fourth-order valence-corrected chi connectivity index (χ4v) is 3.64. The molecule has 0 spiro atoms. The highest BCUT2D eigenvalue weighted by molar-refractivity contribution is 7.10. The molecule has 0 saturated heterocycles. The van der Waals surface area contributed by atoms with Crippen molar-refractivity contribution in [2.24, 2.45) is 11.8 Å². The lowest BCUT2D eigenvalue weighted by molar-refractivity contribution is -0.0689. The van der Waals surface area contributed by atoms with E-state index >= 15 is 0 Å². The molecule has 1 aromatic heterocycles. The van der Waals surface area contributed by atoms with Crippen LogP contribution in [0, 0.1) is 18.8 Å². The van der Waals surface area contributed by atoms with E-state index in [0.717, 1.165) is 12.8 Å². The summed E-state index contributed by atoms with van der Waals surface area (Å²) in [6.07, 6.45) is 3.33. The van der Waals surface area contributed by atoms with Crippen LogP contribution in [0.3, 0.4) is 0 Å². The van der Waals surface area contributed by atoms with E-state index in [1.54, 1.807) is 11.3 Å². The van der Waals surface area contributed by atoms with Crippen LogP contribution in [0.15, 0.2) is 11.4 Å². The molecule has 0 amide bonds. The number of thiophene rings is 1. The average molecular weight is 224 g/mol. The van der Waals surface area contributed by atoms with Gasteiger partial charge in [0, 0.05) is 4.88 Å². The Hall–Kier alpha value is -0.340. The van der Waals surface area contributed by atoms with Crippen molar-refractivity contribution in [2.45, 2.75) is 45.6 Å². The van der Waals surface area contributed by atoms with Crippen LogP contribution in [-0.4, -0.2) is 5.11 Å². The fourth-order valence-electron chi connectivity index (χ4n) is 2.86. The maximum absolute atomic E-state index is 10.9. The molecule has 1 heterocycles. The van der Waals surface area contributed by atoms with Gasteiger partial charge in [-0.2, -0.15) is 0 Å². The van der Waals surface area contributed by atoms with E-state index in [1.165, 1.54) is 16.9 Å². The van der Waals surface area contributed by atoms with Crippen molar-refractivity contribution in [3.8, 4) is 0 Å². The molecule has 1 fully saturated rings. The molecular formula is C13H20OS. The highest BCUT2D eigenvalue weighted by Gasteiger charge is 2.42. The number of aliphatic hydroxyl groups is 1. The van der Waals surface area contributed by atoms with Gasteiger partial charge < -0.3 is 5.11 Å². The van der Waals surface area contributed by atoms with E-state index in [1.807, 2.05) is 0 Å². The second-order valence-corrected chi connectivity index (χ2v) is 6.09. The second-order valence-electron chi connectivity index (χ2n) is 4.97. The van der Waals surface area contributed by atoms with Crippen molar-refractivity contribution in [1.29, 1.82) is 0 Å². The Morgan fingerprint density at radius 2 is 2.20 bits per heavy atom. The molecule has 2 rings (SSSR count). The molecule has 3 atom stereocenters. The van der Waals surface area contributed by atoms with Crippen LogP contribution >= 0.6 is 11.3 Å². The Bertz CT molecular complexity index is 344. The first-order valence-corrected chi connectivity index (χ1v) is 6.70. The maximum atomic E-state index is 10.9. The molecule has 1 nitrogen and oxygen atoms in total. The highest BCUT2D eigenvalue weighted by atomic mass is 32.1. The molecular weight excluding hydrogens is 204 g/mol. The van der Waals surface area contributed by atoms with E-state index in [-0.39, 0.29) is 0 Å². The Morgan fingerprint density at radius 1 is 1.47 bits per heavy atom. The predicted molar refractivity (Wildman–Crippen MR) is 65.1 cm³/mol. The Balaban J connectivity index is 2.36. The second kappa shape index (κ2) is 3.91. The molecule has 0 aliphatic heterocycles. The van der Waals surface area contributed by atoms with Crippen LogP contribution in [0.2, 0.25) is 0 Å². The van der Waals surface area contributed by atoms with E-state index in [9.17, 15) is 5.11 Å². The van der Waals surface area contributed by atoms with Crippen LogP contribution in [0.5, 0.6) is 0 Å². The van der Waals surface area contributed by atoms with Crippen molar-refractivity contribution < 1.29 is 5.11 Å². The van der Waals surface area contributed by atoms with E-state index in [4.69, 9.17) is 0 Å². The zero-order valence-electron chi connectivity index (χ0n) is 9.79. The monoisotopic (exact) mass is 224 g/mol. The van der Waals surface area contributed by atoms with Crippen LogP contribution in [-0.2, 0) is 5.60 Å². The van der Waals surface area contributed by atoms with Gasteiger partial charge in [0.25, 0.3) is 0 Å². The van der Waals surface area contributed by atoms with Crippen LogP contribution in [0.25, 0.3) is 0 Å². The molecule has 1 saturated carbocycles. The molecule has 3 unspecified atom stereocenters. The highest BCUT2D eigenvalue weighted by Crippen LogP contribution is 2.46. The molecule has 0 radical (unpaired) electrons. The SMILES string of the molecule is Cc1sccc1C1(O)CCCC(C)C1C.